The van der Waals surface area contributed by atoms with Crippen LogP contribution in [0.15, 0.2) is 73.5 Å². The smallest absolute Gasteiger partial charge is 0.259 e. The molecule has 0 saturated carbocycles. The van der Waals surface area contributed by atoms with Crippen molar-refractivity contribution in [3.05, 3.63) is 90.5 Å². The van der Waals surface area contributed by atoms with Crippen LogP contribution < -0.4 is 0 Å². The Bertz CT molecular complexity index is 1300. The second-order valence-electron chi connectivity index (χ2n) is 7.54. The molecule has 1 amide bonds. The number of aromatic nitrogens is 6. The molecule has 166 valence electrons. The Morgan fingerprint density at radius 3 is 2.79 bits per heavy atom. The number of rotatable bonds is 5. The molecule has 1 aliphatic heterocycles. The number of aryl methyl sites for hydroxylation is 1. The average molecular weight is 445 g/mol. The fourth-order valence-electron chi connectivity index (χ4n) is 3.63. The van der Waals surface area contributed by atoms with Crippen molar-refractivity contribution in [1.29, 1.82) is 0 Å². The van der Waals surface area contributed by atoms with Crippen LogP contribution in [-0.4, -0.2) is 53.3 Å². The number of hydrogen-bond acceptors (Lipinski definition) is 6. The fraction of sp³-hybridized carbons (Fsp3) is 0.174. The quantitative estimate of drug-likeness (QED) is 0.469. The van der Waals surface area contributed by atoms with Crippen molar-refractivity contribution < 1.29 is 13.9 Å². The number of amides is 1. The normalized spacial score (nSPS) is 15.5. The Hall–Kier alpha value is -4.34. The molecule has 1 aliphatic rings. The zero-order valence-corrected chi connectivity index (χ0v) is 17.7. The number of ether oxygens (including phenoxy) is 1. The maximum absolute atomic E-state index is 13.6. The highest BCUT2D eigenvalue weighted by molar-refractivity contribution is 5.98. The van der Waals surface area contributed by atoms with E-state index in [1.165, 1.54) is 10.9 Å². The maximum atomic E-state index is 13.6. The van der Waals surface area contributed by atoms with Gasteiger partial charge < -0.3 is 4.74 Å². The Balaban J connectivity index is 1.40. The van der Waals surface area contributed by atoms with Crippen molar-refractivity contribution in [1.82, 2.24) is 34.7 Å². The first-order valence-corrected chi connectivity index (χ1v) is 10.3. The van der Waals surface area contributed by atoms with E-state index >= 15 is 0 Å². The van der Waals surface area contributed by atoms with Crippen molar-refractivity contribution in [2.75, 3.05) is 6.54 Å². The van der Waals surface area contributed by atoms with Gasteiger partial charge in [-0.2, -0.15) is 20.1 Å². The van der Waals surface area contributed by atoms with Crippen LogP contribution in [0.1, 0.15) is 15.9 Å². The number of carbonyl (C=O) groups excluding carboxylic acids is 1. The lowest BCUT2D eigenvalue weighted by atomic mass is 10.1. The molecule has 33 heavy (non-hydrogen) atoms. The van der Waals surface area contributed by atoms with Gasteiger partial charge in [-0.05, 0) is 43.3 Å². The Morgan fingerprint density at radius 1 is 1.15 bits per heavy atom. The first-order chi connectivity index (χ1) is 16.1. The van der Waals surface area contributed by atoms with Crippen LogP contribution in [0, 0.1) is 12.7 Å². The Morgan fingerprint density at radius 2 is 2.00 bits per heavy atom. The highest BCUT2D eigenvalue weighted by atomic mass is 19.1. The van der Waals surface area contributed by atoms with Gasteiger partial charge in [0.15, 0.2) is 6.23 Å². The van der Waals surface area contributed by atoms with Crippen molar-refractivity contribution >= 4 is 5.91 Å². The van der Waals surface area contributed by atoms with E-state index in [0.29, 0.717) is 35.7 Å². The predicted molar refractivity (Wildman–Crippen MR) is 117 cm³/mol. The Kier molecular flexibility index (Phi) is 5.39. The molecule has 9 nitrogen and oxygen atoms in total. The summed E-state index contributed by atoms with van der Waals surface area (Å²) in [5.41, 5.74) is 3.18. The summed E-state index contributed by atoms with van der Waals surface area (Å²) in [7, 11) is 0. The first-order valence-electron chi connectivity index (χ1n) is 10.3. The summed E-state index contributed by atoms with van der Waals surface area (Å²) >= 11 is 0. The average Bonchev–Trinajstić information content (AvgIpc) is 3.52. The van der Waals surface area contributed by atoms with Gasteiger partial charge in [0, 0.05) is 12.7 Å². The molecular formula is C23H20FN7O2. The summed E-state index contributed by atoms with van der Waals surface area (Å²) in [6, 6.07) is 10.3. The van der Waals surface area contributed by atoms with Gasteiger partial charge in [-0.3, -0.25) is 19.4 Å². The maximum Gasteiger partial charge on any atom is 0.259 e. The van der Waals surface area contributed by atoms with Crippen LogP contribution in [0.25, 0.3) is 17.1 Å². The fourth-order valence-corrected chi connectivity index (χ4v) is 3.63. The number of nitrogens with zero attached hydrogens (tertiary/aromatic N) is 7. The van der Waals surface area contributed by atoms with Gasteiger partial charge in [-0.1, -0.05) is 11.6 Å². The van der Waals surface area contributed by atoms with Gasteiger partial charge in [-0.25, -0.2) is 4.39 Å². The van der Waals surface area contributed by atoms with Crippen LogP contribution in [0.4, 0.5) is 4.39 Å². The van der Waals surface area contributed by atoms with E-state index in [4.69, 9.17) is 4.74 Å². The minimum absolute atomic E-state index is 0.201. The van der Waals surface area contributed by atoms with Crippen LogP contribution in [0.2, 0.25) is 0 Å². The highest BCUT2D eigenvalue weighted by Gasteiger charge is 2.29. The number of hydrogen-bond donors (Lipinski definition) is 0. The third-order valence-electron chi connectivity index (χ3n) is 5.23. The topological polar surface area (TPSA) is 91.0 Å². The van der Waals surface area contributed by atoms with Crippen molar-refractivity contribution in [2.24, 2.45) is 0 Å². The minimum atomic E-state index is -0.574. The van der Waals surface area contributed by atoms with Gasteiger partial charge in [0.25, 0.3) is 5.91 Å². The highest BCUT2D eigenvalue weighted by Crippen LogP contribution is 2.22. The summed E-state index contributed by atoms with van der Waals surface area (Å²) in [5, 5.41) is 12.9. The molecule has 0 radical (unpaired) electrons. The van der Waals surface area contributed by atoms with Crippen molar-refractivity contribution in [3.63, 3.8) is 0 Å². The predicted octanol–water partition coefficient (Wildman–Crippen LogP) is 2.99. The van der Waals surface area contributed by atoms with E-state index in [1.54, 1.807) is 52.6 Å². The third-order valence-corrected chi connectivity index (χ3v) is 5.23. The molecule has 0 spiro atoms. The van der Waals surface area contributed by atoms with Gasteiger partial charge in [-0.15, -0.1) is 0 Å². The summed E-state index contributed by atoms with van der Waals surface area (Å²) in [6.45, 7) is 2.62. The van der Waals surface area contributed by atoms with E-state index < -0.39 is 12.0 Å². The van der Waals surface area contributed by atoms with E-state index in [0.717, 1.165) is 11.8 Å². The van der Waals surface area contributed by atoms with E-state index in [9.17, 15) is 9.18 Å². The second kappa shape index (κ2) is 8.65. The molecule has 1 unspecified atom stereocenters. The van der Waals surface area contributed by atoms with Crippen molar-refractivity contribution in [2.45, 2.75) is 19.7 Å². The third kappa shape index (κ3) is 4.22. The van der Waals surface area contributed by atoms with Crippen LogP contribution >= 0.6 is 0 Å². The monoisotopic (exact) mass is 445 g/mol. The largest absolute Gasteiger partial charge is 0.476 e. The zero-order valence-electron chi connectivity index (χ0n) is 17.7. The molecule has 0 fully saturated rings. The molecule has 4 aromatic rings. The zero-order chi connectivity index (χ0) is 22.8. The summed E-state index contributed by atoms with van der Waals surface area (Å²) in [6.07, 6.45) is 8.85. The number of carbonyl (C=O) groups is 1. The molecule has 10 heteroatoms. The van der Waals surface area contributed by atoms with Gasteiger partial charge in [0.05, 0.1) is 48.3 Å². The first kappa shape index (κ1) is 20.6. The Labute approximate surface area is 188 Å². The molecule has 0 saturated heterocycles. The lowest BCUT2D eigenvalue weighted by molar-refractivity contribution is -0.0174. The van der Waals surface area contributed by atoms with Crippen molar-refractivity contribution in [3.8, 4) is 17.1 Å². The van der Waals surface area contributed by atoms with Crippen LogP contribution in [0.3, 0.4) is 0 Å². The molecule has 0 N–H and O–H groups in total. The molecule has 4 heterocycles. The van der Waals surface area contributed by atoms with E-state index in [1.807, 2.05) is 25.1 Å². The minimum Gasteiger partial charge on any atom is -0.476 e. The molecule has 0 bridgehead atoms. The SMILES string of the molecule is Cc1ccc(-n2nccn2)c(C(=O)N2CC=COC2Cn2ccc(-c3ccc(F)cn3)n2)c1. The molecule has 1 atom stereocenters. The van der Waals surface area contributed by atoms with Gasteiger partial charge >= 0.3 is 0 Å². The lowest BCUT2D eigenvalue weighted by Gasteiger charge is -2.33. The standard InChI is InChI=1S/C23H20FN7O2/c1-16-3-6-21(31-26-8-9-27-31)18(13-16)23(32)30-10-2-12-33-22(30)15-29-11-7-20(28-29)19-5-4-17(24)14-25-19/h2-9,11-14,22H,10,15H2,1H3. The van der Waals surface area contributed by atoms with E-state index in [-0.39, 0.29) is 5.91 Å². The molecule has 0 aliphatic carbocycles. The molecule has 3 aromatic heterocycles. The van der Waals surface area contributed by atoms with Crippen LogP contribution in [0.5, 0.6) is 0 Å². The number of pyridine rings is 1. The summed E-state index contributed by atoms with van der Waals surface area (Å²) < 4.78 is 20.6. The van der Waals surface area contributed by atoms with Crippen LogP contribution in [-0.2, 0) is 11.3 Å². The summed E-state index contributed by atoms with van der Waals surface area (Å²) in [5.74, 6) is -0.608. The lowest BCUT2D eigenvalue weighted by Crippen LogP contribution is -2.46. The number of halogens is 1. The van der Waals surface area contributed by atoms with Gasteiger partial charge in [0.1, 0.15) is 11.5 Å². The van der Waals surface area contributed by atoms with E-state index in [2.05, 4.69) is 20.3 Å². The number of benzene rings is 1. The summed E-state index contributed by atoms with van der Waals surface area (Å²) in [4.78, 5) is 20.7. The molecule has 5 rings (SSSR count). The van der Waals surface area contributed by atoms with Gasteiger partial charge in [0.2, 0.25) is 0 Å². The second-order valence-corrected chi connectivity index (χ2v) is 7.54. The molecule has 1 aromatic carbocycles. The molecular weight excluding hydrogens is 425 g/mol.